The molecular formula is C18H16ClFN2O. The van der Waals surface area contributed by atoms with Gasteiger partial charge in [0.1, 0.15) is 12.0 Å². The normalized spacial score (nSPS) is 17.3. The highest BCUT2D eigenvalue weighted by molar-refractivity contribution is 6.31. The van der Waals surface area contributed by atoms with Crippen molar-refractivity contribution in [1.29, 1.82) is 0 Å². The second-order valence-corrected chi connectivity index (χ2v) is 6.51. The number of nitrogens with one attached hydrogen (secondary N) is 2. The lowest BCUT2D eigenvalue weighted by atomic mass is 10.0. The molecular weight excluding hydrogens is 315 g/mol. The van der Waals surface area contributed by atoms with Crippen LogP contribution in [0.25, 0.3) is 10.9 Å². The molecule has 0 radical (unpaired) electrons. The van der Waals surface area contributed by atoms with Crippen LogP contribution in [0, 0.1) is 5.82 Å². The second kappa shape index (κ2) is 5.34. The summed E-state index contributed by atoms with van der Waals surface area (Å²) < 4.78 is 13.9. The van der Waals surface area contributed by atoms with Gasteiger partial charge in [-0.25, -0.2) is 4.39 Å². The summed E-state index contributed by atoms with van der Waals surface area (Å²) in [4.78, 5) is 2.95. The Hall–Kier alpha value is -1.88. The van der Waals surface area contributed by atoms with Gasteiger partial charge in [0.05, 0.1) is 11.2 Å². The van der Waals surface area contributed by atoms with Crippen molar-refractivity contribution in [3.63, 3.8) is 0 Å². The van der Waals surface area contributed by atoms with E-state index in [2.05, 4.69) is 22.4 Å². The summed E-state index contributed by atoms with van der Waals surface area (Å²) in [6.45, 7) is 0. The molecule has 0 amide bonds. The van der Waals surface area contributed by atoms with E-state index in [1.54, 1.807) is 12.1 Å². The summed E-state index contributed by atoms with van der Waals surface area (Å²) in [5.41, 5.74) is 1.84. The van der Waals surface area contributed by atoms with E-state index in [4.69, 9.17) is 11.6 Å². The number of hydrogen-bond donors (Lipinski definition) is 3. The largest absolute Gasteiger partial charge is 0.373 e. The number of hydrogen-bond acceptors (Lipinski definition) is 2. The predicted octanol–water partition coefficient (Wildman–Crippen LogP) is 4.23. The first-order chi connectivity index (χ1) is 11.1. The van der Waals surface area contributed by atoms with Crippen molar-refractivity contribution in [1.82, 2.24) is 10.3 Å². The van der Waals surface area contributed by atoms with Crippen molar-refractivity contribution < 1.29 is 9.50 Å². The summed E-state index contributed by atoms with van der Waals surface area (Å²) in [7, 11) is 0. The molecule has 5 heteroatoms. The van der Waals surface area contributed by atoms with Gasteiger partial charge in [-0.3, -0.25) is 5.32 Å². The van der Waals surface area contributed by atoms with Crippen LogP contribution in [0.1, 0.15) is 30.3 Å². The number of aromatic amines is 1. The molecule has 1 aliphatic rings. The van der Waals surface area contributed by atoms with E-state index in [1.807, 2.05) is 18.2 Å². The first-order valence-electron chi connectivity index (χ1n) is 7.56. The molecule has 3 nitrogen and oxygen atoms in total. The minimum Gasteiger partial charge on any atom is -0.373 e. The second-order valence-electron chi connectivity index (χ2n) is 6.07. The smallest absolute Gasteiger partial charge is 0.148 e. The molecule has 3 aromatic rings. The standard InChI is InChI=1S/C18H16ClFN2O/c19-13-8-11-9-15(21-16(11)14(20)10-13)17(23)22-18(6-7-18)12-4-2-1-3-5-12/h1-5,8-10,17,21-23H,6-7H2. The van der Waals surface area contributed by atoms with Crippen LogP contribution >= 0.6 is 11.6 Å². The van der Waals surface area contributed by atoms with Gasteiger partial charge in [-0.05, 0) is 36.6 Å². The molecule has 0 bridgehead atoms. The molecule has 1 fully saturated rings. The van der Waals surface area contributed by atoms with E-state index < -0.39 is 12.0 Å². The van der Waals surface area contributed by atoms with Gasteiger partial charge in [0.25, 0.3) is 0 Å². The highest BCUT2D eigenvalue weighted by Gasteiger charge is 2.45. The lowest BCUT2D eigenvalue weighted by Gasteiger charge is -2.21. The Bertz CT molecular complexity index is 858. The summed E-state index contributed by atoms with van der Waals surface area (Å²) in [5.74, 6) is -0.421. The van der Waals surface area contributed by atoms with E-state index in [1.165, 1.54) is 6.07 Å². The average molecular weight is 331 g/mol. The Kier molecular flexibility index (Phi) is 3.41. The Morgan fingerprint density at radius 3 is 2.61 bits per heavy atom. The Morgan fingerprint density at radius 2 is 1.91 bits per heavy atom. The number of benzene rings is 2. The molecule has 1 aromatic heterocycles. The van der Waals surface area contributed by atoms with E-state index in [0.717, 1.165) is 18.4 Å². The van der Waals surface area contributed by atoms with Crippen LogP contribution in [0.4, 0.5) is 4.39 Å². The molecule has 1 saturated carbocycles. The zero-order valence-corrected chi connectivity index (χ0v) is 13.1. The Balaban J connectivity index is 1.63. The van der Waals surface area contributed by atoms with Crippen LogP contribution < -0.4 is 5.32 Å². The molecule has 0 aliphatic heterocycles. The van der Waals surface area contributed by atoms with Crippen LogP contribution in [0.2, 0.25) is 5.02 Å². The van der Waals surface area contributed by atoms with Crippen LogP contribution in [0.15, 0.2) is 48.5 Å². The maximum atomic E-state index is 13.9. The molecule has 0 saturated heterocycles. The number of aliphatic hydroxyl groups is 1. The molecule has 1 heterocycles. The fourth-order valence-electron chi connectivity index (χ4n) is 3.07. The van der Waals surface area contributed by atoms with E-state index in [0.29, 0.717) is 21.6 Å². The zero-order chi connectivity index (χ0) is 16.0. The lowest BCUT2D eigenvalue weighted by Crippen LogP contribution is -2.33. The SMILES string of the molecule is OC(NC1(c2ccccc2)CC1)c1cc2cc(Cl)cc(F)c2[nH]1. The molecule has 3 N–H and O–H groups in total. The molecule has 1 aliphatic carbocycles. The maximum Gasteiger partial charge on any atom is 0.148 e. The predicted molar refractivity (Wildman–Crippen MR) is 88.7 cm³/mol. The van der Waals surface area contributed by atoms with E-state index in [-0.39, 0.29) is 5.54 Å². The fraction of sp³-hybridized carbons (Fsp3) is 0.222. The first-order valence-corrected chi connectivity index (χ1v) is 7.94. The molecule has 118 valence electrons. The highest BCUT2D eigenvalue weighted by atomic mass is 35.5. The summed E-state index contributed by atoms with van der Waals surface area (Å²) >= 11 is 5.88. The van der Waals surface area contributed by atoms with Crippen molar-refractivity contribution in [2.75, 3.05) is 0 Å². The zero-order valence-electron chi connectivity index (χ0n) is 12.3. The summed E-state index contributed by atoms with van der Waals surface area (Å²) in [5, 5.41) is 14.8. The molecule has 23 heavy (non-hydrogen) atoms. The van der Waals surface area contributed by atoms with Gasteiger partial charge in [0, 0.05) is 15.9 Å². The van der Waals surface area contributed by atoms with Gasteiger partial charge < -0.3 is 10.1 Å². The van der Waals surface area contributed by atoms with Crippen molar-refractivity contribution in [3.05, 3.63) is 70.6 Å². The first kappa shape index (κ1) is 14.7. The number of fused-ring (bicyclic) bond motifs is 1. The van der Waals surface area contributed by atoms with Crippen LogP contribution in [0.3, 0.4) is 0 Å². The van der Waals surface area contributed by atoms with Crippen molar-refractivity contribution >= 4 is 22.5 Å². The van der Waals surface area contributed by atoms with Crippen LogP contribution in [-0.4, -0.2) is 10.1 Å². The molecule has 1 atom stereocenters. The van der Waals surface area contributed by atoms with Crippen molar-refractivity contribution in [2.45, 2.75) is 24.6 Å². The highest BCUT2D eigenvalue weighted by Crippen LogP contribution is 2.46. The van der Waals surface area contributed by atoms with Gasteiger partial charge in [-0.15, -0.1) is 0 Å². The van der Waals surface area contributed by atoms with Crippen LogP contribution in [0.5, 0.6) is 0 Å². The summed E-state index contributed by atoms with van der Waals surface area (Å²) in [6.07, 6.45) is 1.03. The van der Waals surface area contributed by atoms with E-state index >= 15 is 0 Å². The molecule has 4 rings (SSSR count). The fourth-order valence-corrected chi connectivity index (χ4v) is 3.29. The quantitative estimate of drug-likeness (QED) is 0.627. The summed E-state index contributed by atoms with van der Waals surface area (Å²) in [6, 6.07) is 14.7. The van der Waals surface area contributed by atoms with Gasteiger partial charge in [-0.1, -0.05) is 41.9 Å². The number of aliphatic hydroxyl groups excluding tert-OH is 1. The van der Waals surface area contributed by atoms with Gasteiger partial charge >= 0.3 is 0 Å². The number of aromatic nitrogens is 1. The topological polar surface area (TPSA) is 48.0 Å². The maximum absolute atomic E-state index is 13.9. The Morgan fingerprint density at radius 1 is 1.17 bits per heavy atom. The van der Waals surface area contributed by atoms with Crippen molar-refractivity contribution in [2.24, 2.45) is 0 Å². The third kappa shape index (κ3) is 2.63. The minimum absolute atomic E-state index is 0.200. The monoisotopic (exact) mass is 330 g/mol. The lowest BCUT2D eigenvalue weighted by molar-refractivity contribution is 0.114. The van der Waals surface area contributed by atoms with Crippen LogP contribution in [-0.2, 0) is 5.54 Å². The minimum atomic E-state index is -0.900. The average Bonchev–Trinajstić information content (AvgIpc) is 3.18. The number of H-pyrrole nitrogens is 1. The van der Waals surface area contributed by atoms with Gasteiger partial charge in [0.2, 0.25) is 0 Å². The molecule has 2 aromatic carbocycles. The van der Waals surface area contributed by atoms with Gasteiger partial charge in [-0.2, -0.15) is 0 Å². The third-order valence-corrected chi connectivity index (χ3v) is 4.67. The van der Waals surface area contributed by atoms with E-state index in [9.17, 15) is 9.50 Å². The third-order valence-electron chi connectivity index (χ3n) is 4.45. The molecule has 1 unspecified atom stereocenters. The Labute approximate surface area is 138 Å². The van der Waals surface area contributed by atoms with Crippen molar-refractivity contribution in [3.8, 4) is 0 Å². The number of halogens is 2. The number of rotatable bonds is 4. The van der Waals surface area contributed by atoms with Gasteiger partial charge in [0.15, 0.2) is 0 Å². The molecule has 0 spiro atoms.